The lowest BCUT2D eigenvalue weighted by molar-refractivity contribution is -0.137. The third-order valence-corrected chi connectivity index (χ3v) is 3.93. The second-order valence-electron chi connectivity index (χ2n) is 5.45. The van der Waals surface area contributed by atoms with Crippen molar-refractivity contribution in [3.63, 3.8) is 0 Å². The molecule has 0 atom stereocenters. The van der Waals surface area contributed by atoms with E-state index < -0.39 is 11.7 Å². The van der Waals surface area contributed by atoms with Crippen molar-refractivity contribution in [2.45, 2.75) is 31.6 Å². The minimum Gasteiger partial charge on any atom is -0.309 e. The van der Waals surface area contributed by atoms with Crippen LogP contribution in [-0.2, 0) is 25.6 Å². The maximum absolute atomic E-state index is 12.5. The third-order valence-electron chi connectivity index (χ3n) is 3.93. The van der Waals surface area contributed by atoms with Gasteiger partial charge in [-0.15, -0.1) is 0 Å². The highest BCUT2D eigenvalue weighted by Crippen LogP contribution is 2.29. The summed E-state index contributed by atoms with van der Waals surface area (Å²) in [5, 5.41) is 3.42. The number of rotatable bonds is 3. The van der Waals surface area contributed by atoms with Crippen molar-refractivity contribution in [2.24, 2.45) is 0 Å². The fourth-order valence-corrected chi connectivity index (χ4v) is 2.78. The average Bonchev–Trinajstić information content (AvgIpc) is 2.87. The van der Waals surface area contributed by atoms with Crippen LogP contribution >= 0.6 is 0 Å². The molecule has 0 radical (unpaired) electrons. The van der Waals surface area contributed by atoms with Crippen LogP contribution in [0.15, 0.2) is 48.5 Å². The monoisotopic (exact) mass is 291 g/mol. The van der Waals surface area contributed by atoms with Crippen LogP contribution < -0.4 is 5.32 Å². The summed E-state index contributed by atoms with van der Waals surface area (Å²) in [5.74, 6) is 0. The maximum atomic E-state index is 12.5. The fourth-order valence-electron chi connectivity index (χ4n) is 2.78. The highest BCUT2D eigenvalue weighted by molar-refractivity contribution is 5.33. The van der Waals surface area contributed by atoms with Gasteiger partial charge in [-0.3, -0.25) is 0 Å². The molecular formula is C17H16F3N. The number of fused-ring (bicyclic) bond motifs is 1. The topological polar surface area (TPSA) is 12.0 Å². The third kappa shape index (κ3) is 3.27. The number of alkyl halides is 3. The molecule has 0 heterocycles. The highest BCUT2D eigenvalue weighted by atomic mass is 19.4. The summed E-state index contributed by atoms with van der Waals surface area (Å²) in [5.41, 5.74) is 3.00. The Morgan fingerprint density at radius 1 is 0.905 bits per heavy atom. The zero-order valence-electron chi connectivity index (χ0n) is 11.5. The van der Waals surface area contributed by atoms with Crippen molar-refractivity contribution in [1.29, 1.82) is 0 Å². The summed E-state index contributed by atoms with van der Waals surface area (Å²) >= 11 is 0. The van der Waals surface area contributed by atoms with Crippen LogP contribution in [-0.4, -0.2) is 6.04 Å². The molecule has 110 valence electrons. The molecule has 0 bridgehead atoms. The van der Waals surface area contributed by atoms with Gasteiger partial charge in [0.2, 0.25) is 0 Å². The summed E-state index contributed by atoms with van der Waals surface area (Å²) in [7, 11) is 0. The first-order valence-corrected chi connectivity index (χ1v) is 6.99. The number of benzene rings is 2. The van der Waals surface area contributed by atoms with Crippen molar-refractivity contribution in [3.8, 4) is 0 Å². The molecule has 0 unspecified atom stereocenters. The van der Waals surface area contributed by atoms with Crippen molar-refractivity contribution in [2.75, 3.05) is 0 Å². The molecule has 0 fully saturated rings. The van der Waals surface area contributed by atoms with Crippen LogP contribution in [0.3, 0.4) is 0 Å². The maximum Gasteiger partial charge on any atom is 0.416 e. The molecule has 21 heavy (non-hydrogen) atoms. The van der Waals surface area contributed by atoms with Crippen LogP contribution in [0.4, 0.5) is 13.2 Å². The Balaban J connectivity index is 1.57. The Morgan fingerprint density at radius 2 is 1.48 bits per heavy atom. The van der Waals surface area contributed by atoms with Gasteiger partial charge in [0.05, 0.1) is 5.56 Å². The van der Waals surface area contributed by atoms with Gasteiger partial charge in [0.15, 0.2) is 0 Å². The summed E-state index contributed by atoms with van der Waals surface area (Å²) in [4.78, 5) is 0. The Kier molecular flexibility index (Phi) is 3.72. The largest absolute Gasteiger partial charge is 0.416 e. The quantitative estimate of drug-likeness (QED) is 0.902. The molecule has 3 rings (SSSR count). The molecule has 0 aromatic heterocycles. The van der Waals surface area contributed by atoms with Gasteiger partial charge in [0.25, 0.3) is 0 Å². The Morgan fingerprint density at radius 3 is 2.00 bits per heavy atom. The molecular weight excluding hydrogens is 275 g/mol. The second kappa shape index (κ2) is 5.53. The van der Waals surface area contributed by atoms with Gasteiger partial charge in [-0.2, -0.15) is 13.2 Å². The van der Waals surface area contributed by atoms with Crippen LogP contribution in [0.1, 0.15) is 22.3 Å². The van der Waals surface area contributed by atoms with Crippen LogP contribution in [0.25, 0.3) is 0 Å². The number of halogens is 3. The van der Waals surface area contributed by atoms with E-state index in [0.29, 0.717) is 12.6 Å². The van der Waals surface area contributed by atoms with E-state index >= 15 is 0 Å². The molecule has 1 N–H and O–H groups in total. The highest BCUT2D eigenvalue weighted by Gasteiger charge is 2.30. The summed E-state index contributed by atoms with van der Waals surface area (Å²) in [6.07, 6.45) is -2.30. The van der Waals surface area contributed by atoms with Gasteiger partial charge >= 0.3 is 6.18 Å². The molecule has 1 aliphatic rings. The van der Waals surface area contributed by atoms with Crippen LogP contribution in [0, 0.1) is 0 Å². The first-order chi connectivity index (χ1) is 10.0. The summed E-state index contributed by atoms with van der Waals surface area (Å²) in [6.45, 7) is 0.594. The smallest absolute Gasteiger partial charge is 0.309 e. The minimum absolute atomic E-state index is 0.365. The predicted octanol–water partition coefficient (Wildman–Crippen LogP) is 3.96. The van der Waals surface area contributed by atoms with E-state index in [1.165, 1.54) is 23.3 Å². The molecule has 1 aliphatic carbocycles. The average molecular weight is 291 g/mol. The lowest BCUT2D eigenvalue weighted by Crippen LogP contribution is -2.28. The molecule has 0 saturated carbocycles. The molecule has 1 nitrogen and oxygen atoms in total. The van der Waals surface area contributed by atoms with E-state index in [1.54, 1.807) is 0 Å². The zero-order valence-corrected chi connectivity index (χ0v) is 11.5. The van der Waals surface area contributed by atoms with Crippen LogP contribution in [0.5, 0.6) is 0 Å². The van der Waals surface area contributed by atoms with Crippen LogP contribution in [0.2, 0.25) is 0 Å². The second-order valence-corrected chi connectivity index (χ2v) is 5.45. The molecule has 0 aliphatic heterocycles. The van der Waals surface area contributed by atoms with Crippen molar-refractivity contribution in [3.05, 3.63) is 70.8 Å². The van der Waals surface area contributed by atoms with Gasteiger partial charge < -0.3 is 5.32 Å². The Bertz CT molecular complexity index is 592. The van der Waals surface area contributed by atoms with Crippen molar-refractivity contribution >= 4 is 0 Å². The standard InChI is InChI=1S/C17H16F3N/c18-17(19,20)15-7-5-12(6-8-15)11-21-16-9-13-3-1-2-4-14(13)10-16/h1-8,16,21H,9-11H2. The zero-order chi connectivity index (χ0) is 14.9. The number of hydrogen-bond donors (Lipinski definition) is 1. The van der Waals surface area contributed by atoms with Gasteiger partial charge in [0.1, 0.15) is 0 Å². The van der Waals surface area contributed by atoms with E-state index in [9.17, 15) is 13.2 Å². The Hall–Kier alpha value is -1.81. The van der Waals surface area contributed by atoms with E-state index in [4.69, 9.17) is 0 Å². The van der Waals surface area contributed by atoms with Gasteiger partial charge in [0, 0.05) is 12.6 Å². The Labute approximate surface area is 121 Å². The molecule has 2 aromatic carbocycles. The van der Waals surface area contributed by atoms with E-state index in [1.807, 2.05) is 12.1 Å². The van der Waals surface area contributed by atoms with Gasteiger partial charge in [-0.05, 0) is 41.7 Å². The molecule has 0 amide bonds. The summed E-state index contributed by atoms with van der Waals surface area (Å²) < 4.78 is 37.5. The molecule has 4 heteroatoms. The SMILES string of the molecule is FC(F)(F)c1ccc(CNC2Cc3ccccc3C2)cc1. The predicted molar refractivity (Wildman–Crippen MR) is 75.9 cm³/mol. The lowest BCUT2D eigenvalue weighted by atomic mass is 10.1. The van der Waals surface area contributed by atoms with E-state index in [0.717, 1.165) is 30.5 Å². The van der Waals surface area contributed by atoms with Gasteiger partial charge in [-0.1, -0.05) is 36.4 Å². The van der Waals surface area contributed by atoms with E-state index in [2.05, 4.69) is 17.4 Å². The molecule has 2 aromatic rings. The first kappa shape index (κ1) is 14.1. The van der Waals surface area contributed by atoms with Crippen molar-refractivity contribution in [1.82, 2.24) is 5.32 Å². The lowest BCUT2D eigenvalue weighted by Gasteiger charge is -2.13. The van der Waals surface area contributed by atoms with Crippen molar-refractivity contribution < 1.29 is 13.2 Å². The normalized spacial score (nSPS) is 15.2. The number of hydrogen-bond acceptors (Lipinski definition) is 1. The fraction of sp³-hybridized carbons (Fsp3) is 0.294. The van der Waals surface area contributed by atoms with Gasteiger partial charge in [-0.25, -0.2) is 0 Å². The van der Waals surface area contributed by atoms with E-state index in [-0.39, 0.29) is 0 Å². The molecule has 0 spiro atoms. The first-order valence-electron chi connectivity index (χ1n) is 6.99. The number of nitrogens with one attached hydrogen (secondary N) is 1. The molecule has 0 saturated heterocycles. The summed E-state index contributed by atoms with van der Waals surface area (Å²) in [6, 6.07) is 14.1. The minimum atomic E-state index is -4.26.